The van der Waals surface area contributed by atoms with Gasteiger partial charge in [-0.15, -0.1) is 0 Å². The summed E-state index contributed by atoms with van der Waals surface area (Å²) in [6.45, 7) is 0. The average Bonchev–Trinajstić information content (AvgIpc) is 2.96. The van der Waals surface area contributed by atoms with Crippen LogP contribution in [0.4, 0.5) is 0 Å². The van der Waals surface area contributed by atoms with E-state index in [9.17, 15) is 9.90 Å². The first-order valence-electron chi connectivity index (χ1n) is 6.72. The number of aromatic amines is 1. The normalized spacial score (nSPS) is 11.1. The van der Waals surface area contributed by atoms with E-state index < -0.39 is 5.97 Å². The van der Waals surface area contributed by atoms with Gasteiger partial charge in [0.2, 0.25) is 0 Å². The summed E-state index contributed by atoms with van der Waals surface area (Å²) in [5.41, 5.74) is 2.52. The number of hydrogen-bond acceptors (Lipinski definition) is 3. The molecule has 2 aromatic carbocycles. The lowest BCUT2D eigenvalue weighted by Crippen LogP contribution is -2.00. The predicted octanol–water partition coefficient (Wildman–Crippen LogP) is 3.44. The van der Waals surface area contributed by atoms with Gasteiger partial charge in [0.25, 0.3) is 0 Å². The van der Waals surface area contributed by atoms with Crippen LogP contribution in [0.1, 0.15) is 21.6 Å². The van der Waals surface area contributed by atoms with Crippen LogP contribution in [0.2, 0.25) is 0 Å². The second-order valence-corrected chi connectivity index (χ2v) is 4.73. The van der Waals surface area contributed by atoms with Crippen LogP contribution in [0.25, 0.3) is 23.1 Å². The molecule has 0 amide bonds. The molecule has 3 aromatic rings. The number of methoxy groups -OCH3 is 1. The third-order valence-corrected chi connectivity index (χ3v) is 3.38. The van der Waals surface area contributed by atoms with Gasteiger partial charge in [-0.2, -0.15) is 5.10 Å². The molecule has 0 radical (unpaired) electrons. The summed E-state index contributed by atoms with van der Waals surface area (Å²) in [6.07, 6.45) is 3.75. The van der Waals surface area contributed by atoms with E-state index in [2.05, 4.69) is 10.2 Å². The first kappa shape index (κ1) is 13.9. The molecule has 0 atom stereocenters. The largest absolute Gasteiger partial charge is 0.495 e. The lowest BCUT2D eigenvalue weighted by Gasteiger charge is -2.06. The smallest absolute Gasteiger partial charge is 0.339 e. The average molecular weight is 294 g/mol. The molecular weight excluding hydrogens is 280 g/mol. The Hall–Kier alpha value is -3.08. The number of nitrogens with zero attached hydrogens (tertiary/aromatic N) is 1. The number of aromatic nitrogens is 2. The van der Waals surface area contributed by atoms with Crippen molar-refractivity contribution in [1.82, 2.24) is 10.2 Å². The quantitative estimate of drug-likeness (QED) is 0.773. The van der Waals surface area contributed by atoms with Gasteiger partial charge < -0.3 is 9.84 Å². The molecule has 2 N–H and O–H groups in total. The van der Waals surface area contributed by atoms with Crippen molar-refractivity contribution in [2.75, 3.05) is 7.11 Å². The maximum Gasteiger partial charge on any atom is 0.339 e. The Morgan fingerprint density at radius 1 is 1.18 bits per heavy atom. The second-order valence-electron chi connectivity index (χ2n) is 4.73. The van der Waals surface area contributed by atoms with Crippen LogP contribution >= 0.6 is 0 Å². The maximum atomic E-state index is 11.3. The first-order chi connectivity index (χ1) is 10.7. The van der Waals surface area contributed by atoms with Crippen LogP contribution in [-0.2, 0) is 0 Å². The van der Waals surface area contributed by atoms with Crippen molar-refractivity contribution in [2.45, 2.75) is 0 Å². The molecule has 0 saturated heterocycles. The molecule has 5 heteroatoms. The van der Waals surface area contributed by atoms with E-state index in [1.165, 1.54) is 13.2 Å². The highest BCUT2D eigenvalue weighted by molar-refractivity contribution is 6.02. The highest BCUT2D eigenvalue weighted by atomic mass is 16.5. The van der Waals surface area contributed by atoms with Gasteiger partial charge in [-0.3, -0.25) is 5.10 Å². The van der Waals surface area contributed by atoms with Gasteiger partial charge in [-0.1, -0.05) is 36.4 Å². The summed E-state index contributed by atoms with van der Waals surface area (Å²) in [4.78, 5) is 11.3. The zero-order valence-corrected chi connectivity index (χ0v) is 11.9. The predicted molar refractivity (Wildman–Crippen MR) is 85.0 cm³/mol. The van der Waals surface area contributed by atoms with Crippen molar-refractivity contribution in [3.05, 3.63) is 59.3 Å². The minimum Gasteiger partial charge on any atom is -0.495 e. The molecule has 3 rings (SSSR count). The maximum absolute atomic E-state index is 11.3. The zero-order chi connectivity index (χ0) is 15.5. The Kier molecular flexibility index (Phi) is 3.62. The monoisotopic (exact) mass is 294 g/mol. The Morgan fingerprint density at radius 2 is 1.95 bits per heavy atom. The van der Waals surface area contributed by atoms with E-state index in [4.69, 9.17) is 4.74 Å². The summed E-state index contributed by atoms with van der Waals surface area (Å²) >= 11 is 0. The molecule has 0 unspecified atom stereocenters. The Balaban J connectivity index is 2.12. The van der Waals surface area contributed by atoms with Crippen molar-refractivity contribution < 1.29 is 14.6 Å². The first-order valence-corrected chi connectivity index (χ1v) is 6.72. The highest BCUT2D eigenvalue weighted by Crippen LogP contribution is 2.32. The van der Waals surface area contributed by atoms with Crippen LogP contribution < -0.4 is 4.74 Å². The van der Waals surface area contributed by atoms with Gasteiger partial charge in [0, 0.05) is 0 Å². The van der Waals surface area contributed by atoms with Crippen LogP contribution in [0.3, 0.4) is 0 Å². The number of carbonyl (C=O) groups is 1. The number of ether oxygens (including phenoxy) is 1. The number of hydrogen-bond donors (Lipinski definition) is 2. The molecular formula is C17H14N2O3. The van der Waals surface area contributed by atoms with Gasteiger partial charge in [0.1, 0.15) is 11.3 Å². The van der Waals surface area contributed by atoms with E-state index in [0.717, 1.165) is 11.1 Å². The fraction of sp³-hybridized carbons (Fsp3) is 0.0588. The molecule has 5 nitrogen and oxygen atoms in total. The molecule has 0 aliphatic carbocycles. The minimum atomic E-state index is -1.03. The number of nitrogens with one attached hydrogen (secondary N) is 1. The third-order valence-electron chi connectivity index (χ3n) is 3.38. The van der Waals surface area contributed by atoms with Crippen molar-refractivity contribution in [1.29, 1.82) is 0 Å². The summed E-state index contributed by atoms with van der Waals surface area (Å²) in [7, 11) is 1.46. The molecule has 0 spiro atoms. The number of fused-ring (bicyclic) bond motifs is 1. The molecule has 0 bridgehead atoms. The van der Waals surface area contributed by atoms with Crippen molar-refractivity contribution >= 4 is 29.0 Å². The Labute approximate surface area is 126 Å². The number of H-pyrrole nitrogens is 1. The lowest BCUT2D eigenvalue weighted by atomic mass is 10.1. The van der Waals surface area contributed by atoms with Crippen LogP contribution in [-0.4, -0.2) is 28.4 Å². The number of benzene rings is 2. The van der Waals surface area contributed by atoms with Gasteiger partial charge >= 0.3 is 5.97 Å². The van der Waals surface area contributed by atoms with Gasteiger partial charge in [-0.05, 0) is 23.8 Å². The molecule has 22 heavy (non-hydrogen) atoms. The van der Waals surface area contributed by atoms with E-state index in [0.29, 0.717) is 16.8 Å². The molecule has 0 aliphatic heterocycles. The lowest BCUT2D eigenvalue weighted by molar-refractivity contribution is 0.0693. The topological polar surface area (TPSA) is 75.2 Å². The van der Waals surface area contributed by atoms with Crippen molar-refractivity contribution in [3.63, 3.8) is 0 Å². The summed E-state index contributed by atoms with van der Waals surface area (Å²) in [6, 6.07) is 13.0. The Morgan fingerprint density at radius 3 is 2.64 bits per heavy atom. The summed E-state index contributed by atoms with van der Waals surface area (Å²) in [5.74, 6) is -0.718. The Bertz CT molecular complexity index is 851. The van der Waals surface area contributed by atoms with E-state index in [1.807, 2.05) is 42.5 Å². The van der Waals surface area contributed by atoms with E-state index in [1.54, 1.807) is 6.07 Å². The summed E-state index contributed by atoms with van der Waals surface area (Å²) < 4.78 is 5.30. The molecule has 1 heterocycles. The van der Waals surface area contributed by atoms with E-state index in [-0.39, 0.29) is 5.56 Å². The highest BCUT2D eigenvalue weighted by Gasteiger charge is 2.17. The fourth-order valence-electron chi connectivity index (χ4n) is 2.35. The van der Waals surface area contributed by atoms with Crippen LogP contribution in [0.5, 0.6) is 5.75 Å². The number of carboxylic acid groups (broad SMARTS) is 1. The van der Waals surface area contributed by atoms with E-state index >= 15 is 0 Å². The SMILES string of the molecule is COc1c(C(=O)O)ccc2[nH]nc(/C=C/c3ccccc3)c12. The summed E-state index contributed by atoms with van der Waals surface area (Å²) in [5, 5.41) is 17.1. The standard InChI is InChI=1S/C17H14N2O3/c1-22-16-12(17(20)21)8-10-14-15(16)13(18-19-14)9-7-11-5-3-2-4-6-11/h2-10H,1H3,(H,18,19)(H,20,21)/b9-7+. The zero-order valence-electron chi connectivity index (χ0n) is 11.9. The minimum absolute atomic E-state index is 0.116. The van der Waals surface area contributed by atoms with Crippen LogP contribution in [0, 0.1) is 0 Å². The molecule has 1 aromatic heterocycles. The van der Waals surface area contributed by atoms with Gasteiger partial charge in [0.15, 0.2) is 0 Å². The van der Waals surface area contributed by atoms with Crippen molar-refractivity contribution in [3.8, 4) is 5.75 Å². The number of rotatable bonds is 4. The molecule has 110 valence electrons. The number of carboxylic acids is 1. The fourth-order valence-corrected chi connectivity index (χ4v) is 2.35. The van der Waals surface area contributed by atoms with Crippen molar-refractivity contribution in [2.24, 2.45) is 0 Å². The number of aromatic carboxylic acids is 1. The van der Waals surface area contributed by atoms with Gasteiger partial charge in [-0.25, -0.2) is 4.79 Å². The molecule has 0 fully saturated rings. The van der Waals surface area contributed by atoms with Gasteiger partial charge in [0.05, 0.1) is 23.7 Å². The molecule has 0 aliphatic rings. The van der Waals surface area contributed by atoms with Crippen LogP contribution in [0.15, 0.2) is 42.5 Å². The third kappa shape index (κ3) is 2.44. The molecule has 0 saturated carbocycles. The second kappa shape index (κ2) is 5.73.